The third-order valence-electron chi connectivity index (χ3n) is 5.78. The fourth-order valence-electron chi connectivity index (χ4n) is 3.96. The van der Waals surface area contributed by atoms with E-state index in [1.165, 1.54) is 27.1 Å². The van der Waals surface area contributed by atoms with Crippen LogP contribution in [0.3, 0.4) is 0 Å². The summed E-state index contributed by atoms with van der Waals surface area (Å²) in [5.74, 6) is 0. The van der Waals surface area contributed by atoms with Gasteiger partial charge < -0.3 is 0 Å². The third kappa shape index (κ3) is 3.48. The summed E-state index contributed by atoms with van der Waals surface area (Å²) >= 11 is 0. The van der Waals surface area contributed by atoms with Crippen molar-refractivity contribution >= 4 is 21.5 Å². The Bertz CT molecular complexity index is 1270. The second-order valence-corrected chi connectivity index (χ2v) is 9.00. The maximum absolute atomic E-state index is 5.10. The molecule has 0 unspecified atom stereocenters. The molecule has 0 aliphatic carbocycles. The lowest BCUT2D eigenvalue weighted by Crippen LogP contribution is -2.12. The minimum absolute atomic E-state index is 0.0418. The zero-order valence-corrected chi connectivity index (χ0v) is 17.7. The van der Waals surface area contributed by atoms with Crippen LogP contribution < -0.4 is 0 Å². The molecule has 0 saturated carbocycles. The second-order valence-electron chi connectivity index (χ2n) is 9.00. The summed E-state index contributed by atoms with van der Waals surface area (Å²) in [7, 11) is 0. The van der Waals surface area contributed by atoms with E-state index in [0.717, 1.165) is 22.5 Å². The van der Waals surface area contributed by atoms with Crippen LogP contribution in [0.5, 0.6) is 0 Å². The monoisotopic (exact) mass is 387 g/mol. The molecule has 0 bridgehead atoms. The van der Waals surface area contributed by atoms with Crippen molar-refractivity contribution in [2.75, 3.05) is 0 Å². The lowest BCUT2D eigenvalue weighted by molar-refractivity contribution is 0.590. The molecular formula is C29H25N. The van der Waals surface area contributed by atoms with Crippen LogP contribution in [0.15, 0.2) is 97.1 Å². The summed E-state index contributed by atoms with van der Waals surface area (Å²) in [6.45, 7) is 6.78. The zero-order chi connectivity index (χ0) is 20.7. The normalized spacial score (nSPS) is 11.8. The molecule has 1 heterocycles. The molecule has 146 valence electrons. The van der Waals surface area contributed by atoms with Crippen molar-refractivity contribution in [2.45, 2.75) is 26.2 Å². The van der Waals surface area contributed by atoms with Crippen molar-refractivity contribution in [3.63, 3.8) is 0 Å². The molecule has 1 heteroatoms. The molecule has 0 N–H and O–H groups in total. The van der Waals surface area contributed by atoms with E-state index in [-0.39, 0.29) is 5.41 Å². The van der Waals surface area contributed by atoms with E-state index in [1.807, 2.05) is 0 Å². The Balaban J connectivity index is 1.70. The molecule has 5 aromatic rings. The summed E-state index contributed by atoms with van der Waals surface area (Å²) in [6, 6.07) is 34.7. The van der Waals surface area contributed by atoms with Gasteiger partial charge in [0.15, 0.2) is 0 Å². The quantitative estimate of drug-likeness (QED) is 0.299. The average Bonchev–Trinajstić information content (AvgIpc) is 2.77. The first-order valence-corrected chi connectivity index (χ1v) is 10.5. The Morgan fingerprint density at radius 1 is 0.500 bits per heavy atom. The standard InChI is InChI=1S/C29H25N/c1-29(2,3)26-18-27(24-14-12-20-8-4-6-10-22(20)16-24)30-28(19-26)25-15-13-21-9-5-7-11-23(21)17-25/h4-19H,1-3H3. The molecular weight excluding hydrogens is 362 g/mol. The van der Waals surface area contributed by atoms with E-state index in [2.05, 4.69) is 118 Å². The van der Waals surface area contributed by atoms with Crippen LogP contribution in [-0.2, 0) is 5.41 Å². The van der Waals surface area contributed by atoms with Crippen molar-refractivity contribution < 1.29 is 0 Å². The van der Waals surface area contributed by atoms with E-state index in [9.17, 15) is 0 Å². The largest absolute Gasteiger partial charge is 0.248 e. The topological polar surface area (TPSA) is 12.9 Å². The third-order valence-corrected chi connectivity index (χ3v) is 5.78. The van der Waals surface area contributed by atoms with Gasteiger partial charge in [0.05, 0.1) is 11.4 Å². The molecule has 0 radical (unpaired) electrons. The SMILES string of the molecule is CC(C)(C)c1cc(-c2ccc3ccccc3c2)nc(-c2ccc3ccccc3c2)c1. The lowest BCUT2D eigenvalue weighted by Gasteiger charge is -2.21. The number of aromatic nitrogens is 1. The number of rotatable bonds is 2. The van der Waals surface area contributed by atoms with Gasteiger partial charge in [-0.1, -0.05) is 93.6 Å². The van der Waals surface area contributed by atoms with Crippen LogP contribution in [0.25, 0.3) is 44.1 Å². The molecule has 0 amide bonds. The highest BCUT2D eigenvalue weighted by atomic mass is 14.7. The Kier molecular flexibility index (Phi) is 4.40. The summed E-state index contributed by atoms with van der Waals surface area (Å²) in [4.78, 5) is 5.10. The van der Waals surface area contributed by atoms with Crippen molar-refractivity contribution in [2.24, 2.45) is 0 Å². The summed E-state index contributed by atoms with van der Waals surface area (Å²) in [6.07, 6.45) is 0. The first-order valence-electron chi connectivity index (χ1n) is 10.5. The average molecular weight is 388 g/mol. The van der Waals surface area contributed by atoms with Gasteiger partial charge in [0.25, 0.3) is 0 Å². The predicted molar refractivity (Wildman–Crippen MR) is 129 cm³/mol. The molecule has 30 heavy (non-hydrogen) atoms. The van der Waals surface area contributed by atoms with Crippen molar-refractivity contribution in [3.8, 4) is 22.5 Å². The van der Waals surface area contributed by atoms with Crippen molar-refractivity contribution in [1.82, 2.24) is 4.98 Å². The minimum Gasteiger partial charge on any atom is -0.248 e. The predicted octanol–water partition coefficient (Wildman–Crippen LogP) is 8.02. The molecule has 4 aromatic carbocycles. The molecule has 0 fully saturated rings. The number of hydrogen-bond acceptors (Lipinski definition) is 1. The van der Waals surface area contributed by atoms with Crippen molar-refractivity contribution in [3.05, 3.63) is 103 Å². The molecule has 0 atom stereocenters. The fraction of sp³-hybridized carbons (Fsp3) is 0.138. The van der Waals surface area contributed by atoms with Gasteiger partial charge in [-0.3, -0.25) is 0 Å². The van der Waals surface area contributed by atoms with Crippen LogP contribution in [0.1, 0.15) is 26.3 Å². The van der Waals surface area contributed by atoms with E-state index < -0.39 is 0 Å². The van der Waals surface area contributed by atoms with E-state index in [1.54, 1.807) is 0 Å². The molecule has 0 saturated heterocycles. The Morgan fingerprint density at radius 3 is 1.37 bits per heavy atom. The van der Waals surface area contributed by atoms with Crippen LogP contribution in [-0.4, -0.2) is 4.98 Å². The van der Waals surface area contributed by atoms with Crippen LogP contribution in [0.2, 0.25) is 0 Å². The number of fused-ring (bicyclic) bond motifs is 2. The molecule has 0 spiro atoms. The number of nitrogens with zero attached hydrogens (tertiary/aromatic N) is 1. The van der Waals surface area contributed by atoms with Gasteiger partial charge in [-0.25, -0.2) is 4.98 Å². The molecule has 0 aliphatic rings. The van der Waals surface area contributed by atoms with Crippen molar-refractivity contribution in [1.29, 1.82) is 0 Å². The summed E-state index contributed by atoms with van der Waals surface area (Å²) in [5.41, 5.74) is 5.69. The Labute approximate surface area is 178 Å². The maximum Gasteiger partial charge on any atom is 0.0712 e. The lowest BCUT2D eigenvalue weighted by atomic mass is 9.85. The number of hydrogen-bond donors (Lipinski definition) is 0. The van der Waals surface area contributed by atoms with Gasteiger partial charge in [-0.2, -0.15) is 0 Å². The molecule has 5 rings (SSSR count). The van der Waals surface area contributed by atoms with Gasteiger partial charge in [-0.05, 0) is 56.8 Å². The molecule has 0 aliphatic heterocycles. The van der Waals surface area contributed by atoms with E-state index in [4.69, 9.17) is 4.98 Å². The number of pyridine rings is 1. The highest BCUT2D eigenvalue weighted by molar-refractivity contribution is 5.88. The maximum atomic E-state index is 5.10. The van der Waals surface area contributed by atoms with E-state index in [0.29, 0.717) is 0 Å². The fourth-order valence-corrected chi connectivity index (χ4v) is 3.96. The molecule has 1 aromatic heterocycles. The number of benzene rings is 4. The minimum atomic E-state index is 0.0418. The first-order chi connectivity index (χ1) is 14.5. The van der Waals surface area contributed by atoms with Gasteiger partial charge >= 0.3 is 0 Å². The Morgan fingerprint density at radius 2 is 0.933 bits per heavy atom. The van der Waals surface area contributed by atoms with Gasteiger partial charge in [0.2, 0.25) is 0 Å². The highest BCUT2D eigenvalue weighted by Crippen LogP contribution is 2.33. The zero-order valence-electron chi connectivity index (χ0n) is 17.7. The smallest absolute Gasteiger partial charge is 0.0712 e. The van der Waals surface area contributed by atoms with E-state index >= 15 is 0 Å². The highest BCUT2D eigenvalue weighted by Gasteiger charge is 2.17. The van der Waals surface area contributed by atoms with Crippen LogP contribution in [0.4, 0.5) is 0 Å². The van der Waals surface area contributed by atoms with Gasteiger partial charge in [-0.15, -0.1) is 0 Å². The van der Waals surface area contributed by atoms with Gasteiger partial charge in [0.1, 0.15) is 0 Å². The summed E-state index contributed by atoms with van der Waals surface area (Å²) < 4.78 is 0. The Hall–Kier alpha value is -3.45. The van der Waals surface area contributed by atoms with Gasteiger partial charge in [0, 0.05) is 11.1 Å². The molecule has 1 nitrogen and oxygen atoms in total. The van der Waals surface area contributed by atoms with Crippen LogP contribution >= 0.6 is 0 Å². The summed E-state index contributed by atoms with van der Waals surface area (Å²) in [5, 5.41) is 4.99. The second kappa shape index (κ2) is 7.11. The van der Waals surface area contributed by atoms with Crippen LogP contribution in [0, 0.1) is 0 Å². The first kappa shape index (κ1) is 18.6.